The van der Waals surface area contributed by atoms with Gasteiger partial charge in [-0.15, -0.1) is 0 Å². The Bertz CT molecular complexity index is 522. The van der Waals surface area contributed by atoms with Crippen molar-refractivity contribution in [2.45, 2.75) is 6.92 Å². The van der Waals surface area contributed by atoms with Gasteiger partial charge in [0.25, 0.3) is 5.69 Å². The van der Waals surface area contributed by atoms with Crippen molar-refractivity contribution in [1.29, 1.82) is 5.26 Å². The molecular formula is C10H7ClN2O4. The normalized spacial score (nSPS) is 9.47. The quantitative estimate of drug-likeness (QED) is 0.469. The Morgan fingerprint density at radius 3 is 2.76 bits per heavy atom. The van der Waals surface area contributed by atoms with Crippen LogP contribution in [-0.4, -0.2) is 17.5 Å². The third-order valence-corrected chi connectivity index (χ3v) is 2.17. The van der Waals surface area contributed by atoms with Crippen molar-refractivity contribution in [1.82, 2.24) is 0 Å². The van der Waals surface area contributed by atoms with Crippen molar-refractivity contribution in [3.8, 4) is 6.07 Å². The van der Waals surface area contributed by atoms with E-state index in [1.165, 1.54) is 6.07 Å². The maximum absolute atomic E-state index is 11.5. The van der Waals surface area contributed by atoms with Gasteiger partial charge in [-0.1, -0.05) is 11.6 Å². The van der Waals surface area contributed by atoms with Crippen molar-refractivity contribution < 1.29 is 14.5 Å². The highest BCUT2D eigenvalue weighted by atomic mass is 35.5. The molecular weight excluding hydrogens is 248 g/mol. The molecule has 0 radical (unpaired) electrons. The summed E-state index contributed by atoms with van der Waals surface area (Å²) in [6.45, 7) is 1.65. The van der Waals surface area contributed by atoms with E-state index in [4.69, 9.17) is 16.9 Å². The molecule has 0 atom stereocenters. The first kappa shape index (κ1) is 12.9. The number of carbonyl (C=O) groups is 1. The SMILES string of the molecule is CCOC(=O)c1c(Cl)cc(C#N)cc1[N+](=O)[O-]. The molecule has 0 spiro atoms. The fraction of sp³-hybridized carbons (Fsp3) is 0.200. The summed E-state index contributed by atoms with van der Waals surface area (Å²) in [5, 5.41) is 19.3. The Morgan fingerprint density at radius 2 is 2.29 bits per heavy atom. The summed E-state index contributed by atoms with van der Waals surface area (Å²) in [6, 6.07) is 3.89. The molecule has 1 aromatic carbocycles. The minimum Gasteiger partial charge on any atom is -0.462 e. The van der Waals surface area contributed by atoms with E-state index in [2.05, 4.69) is 4.74 Å². The van der Waals surface area contributed by atoms with Crippen LogP contribution in [0, 0.1) is 21.4 Å². The maximum atomic E-state index is 11.5. The number of ether oxygens (including phenoxy) is 1. The van der Waals surface area contributed by atoms with Gasteiger partial charge >= 0.3 is 5.97 Å². The van der Waals surface area contributed by atoms with Crippen LogP contribution in [0.5, 0.6) is 0 Å². The number of benzene rings is 1. The van der Waals surface area contributed by atoms with E-state index in [-0.39, 0.29) is 22.8 Å². The van der Waals surface area contributed by atoms with E-state index in [1.54, 1.807) is 13.0 Å². The zero-order chi connectivity index (χ0) is 13.0. The smallest absolute Gasteiger partial charge is 0.346 e. The van der Waals surface area contributed by atoms with Gasteiger partial charge in [-0.2, -0.15) is 5.26 Å². The van der Waals surface area contributed by atoms with Gasteiger partial charge in [0.2, 0.25) is 0 Å². The topological polar surface area (TPSA) is 93.2 Å². The van der Waals surface area contributed by atoms with Gasteiger partial charge in [-0.25, -0.2) is 4.79 Å². The molecule has 0 heterocycles. The van der Waals surface area contributed by atoms with Crippen LogP contribution in [0.4, 0.5) is 5.69 Å². The van der Waals surface area contributed by atoms with E-state index in [0.717, 1.165) is 6.07 Å². The summed E-state index contributed by atoms with van der Waals surface area (Å²) in [5.41, 5.74) is -0.861. The predicted octanol–water partition coefficient (Wildman–Crippen LogP) is 2.30. The molecule has 7 heteroatoms. The molecule has 1 aromatic rings. The van der Waals surface area contributed by atoms with Gasteiger partial charge in [0.1, 0.15) is 0 Å². The number of rotatable bonds is 3. The van der Waals surface area contributed by atoms with Crippen LogP contribution < -0.4 is 0 Å². The molecule has 1 rings (SSSR count). The molecule has 0 aliphatic carbocycles. The van der Waals surface area contributed by atoms with Crippen LogP contribution in [0.25, 0.3) is 0 Å². The number of hydrogen-bond donors (Lipinski definition) is 0. The number of hydrogen-bond acceptors (Lipinski definition) is 5. The number of nitriles is 1. The Morgan fingerprint density at radius 1 is 1.65 bits per heavy atom. The molecule has 0 aliphatic heterocycles. The van der Waals surface area contributed by atoms with E-state index >= 15 is 0 Å². The molecule has 17 heavy (non-hydrogen) atoms. The predicted molar refractivity (Wildman–Crippen MR) is 58.8 cm³/mol. The highest BCUT2D eigenvalue weighted by Gasteiger charge is 2.26. The van der Waals surface area contributed by atoms with Crippen LogP contribution >= 0.6 is 11.6 Å². The van der Waals surface area contributed by atoms with Gasteiger partial charge in [-0.05, 0) is 13.0 Å². The Labute approximate surface area is 102 Å². The molecule has 0 fully saturated rings. The molecule has 0 unspecified atom stereocenters. The van der Waals surface area contributed by atoms with Gasteiger partial charge in [0.15, 0.2) is 5.56 Å². The molecule has 0 saturated heterocycles. The fourth-order valence-corrected chi connectivity index (χ4v) is 1.50. The third-order valence-electron chi connectivity index (χ3n) is 1.87. The second-order valence-corrected chi connectivity index (χ2v) is 3.35. The number of nitro groups is 1. The second kappa shape index (κ2) is 5.27. The van der Waals surface area contributed by atoms with Crippen molar-refractivity contribution >= 4 is 23.3 Å². The highest BCUT2D eigenvalue weighted by molar-refractivity contribution is 6.34. The first-order chi connectivity index (χ1) is 8.01. The van der Waals surface area contributed by atoms with E-state index in [9.17, 15) is 14.9 Å². The Kier molecular flexibility index (Phi) is 4.01. The molecule has 0 bridgehead atoms. The van der Waals surface area contributed by atoms with Crippen molar-refractivity contribution in [2.24, 2.45) is 0 Å². The fourth-order valence-electron chi connectivity index (χ4n) is 1.21. The minimum absolute atomic E-state index is 0.00903. The largest absolute Gasteiger partial charge is 0.462 e. The van der Waals surface area contributed by atoms with Gasteiger partial charge in [0.05, 0.1) is 28.2 Å². The summed E-state index contributed by atoms with van der Waals surface area (Å²) in [4.78, 5) is 21.5. The summed E-state index contributed by atoms with van der Waals surface area (Å²) in [6.07, 6.45) is 0. The lowest BCUT2D eigenvalue weighted by Crippen LogP contribution is -2.09. The van der Waals surface area contributed by atoms with Crippen LogP contribution in [0.15, 0.2) is 12.1 Å². The Balaban J connectivity index is 3.43. The number of esters is 1. The van der Waals surface area contributed by atoms with Gasteiger partial charge in [0, 0.05) is 6.07 Å². The van der Waals surface area contributed by atoms with Crippen LogP contribution in [0.3, 0.4) is 0 Å². The molecule has 0 N–H and O–H groups in total. The first-order valence-corrected chi connectivity index (χ1v) is 4.94. The molecule has 0 aromatic heterocycles. The van der Waals surface area contributed by atoms with Gasteiger partial charge in [-0.3, -0.25) is 10.1 Å². The number of nitrogens with zero attached hydrogens (tertiary/aromatic N) is 2. The highest BCUT2D eigenvalue weighted by Crippen LogP contribution is 2.29. The average Bonchev–Trinajstić information content (AvgIpc) is 2.27. The lowest BCUT2D eigenvalue weighted by atomic mass is 10.1. The second-order valence-electron chi connectivity index (χ2n) is 2.94. The molecule has 88 valence electrons. The van der Waals surface area contributed by atoms with E-state index in [0.29, 0.717) is 0 Å². The monoisotopic (exact) mass is 254 g/mol. The minimum atomic E-state index is -0.881. The summed E-state index contributed by atoms with van der Waals surface area (Å²) >= 11 is 5.73. The lowest BCUT2D eigenvalue weighted by molar-refractivity contribution is -0.385. The zero-order valence-corrected chi connectivity index (χ0v) is 9.52. The third kappa shape index (κ3) is 2.71. The maximum Gasteiger partial charge on any atom is 0.346 e. The van der Waals surface area contributed by atoms with Gasteiger partial charge < -0.3 is 4.74 Å². The van der Waals surface area contributed by atoms with Crippen molar-refractivity contribution in [3.63, 3.8) is 0 Å². The van der Waals surface area contributed by atoms with Crippen molar-refractivity contribution in [3.05, 3.63) is 38.4 Å². The summed E-state index contributed by atoms with van der Waals surface area (Å²) in [5.74, 6) is -0.881. The lowest BCUT2D eigenvalue weighted by Gasteiger charge is -2.05. The van der Waals surface area contributed by atoms with E-state index < -0.39 is 16.6 Å². The molecule has 0 amide bonds. The number of nitro benzene ring substituents is 1. The first-order valence-electron chi connectivity index (χ1n) is 4.56. The van der Waals surface area contributed by atoms with Crippen molar-refractivity contribution in [2.75, 3.05) is 6.61 Å². The van der Waals surface area contributed by atoms with Crippen LogP contribution in [0.2, 0.25) is 5.02 Å². The Hall–Kier alpha value is -2.13. The standard InChI is InChI=1S/C10H7ClN2O4/c1-2-17-10(14)9-7(11)3-6(5-12)4-8(9)13(15)16/h3-4H,2H2,1H3. The molecule has 6 nitrogen and oxygen atoms in total. The van der Waals surface area contributed by atoms with Crippen LogP contribution in [-0.2, 0) is 4.74 Å². The summed E-state index contributed by atoms with van der Waals surface area (Å²) in [7, 11) is 0. The molecule has 0 saturated carbocycles. The number of carbonyl (C=O) groups excluding carboxylic acids is 1. The van der Waals surface area contributed by atoms with E-state index in [1.807, 2.05) is 0 Å². The average molecular weight is 255 g/mol. The van der Waals surface area contributed by atoms with Crippen LogP contribution in [0.1, 0.15) is 22.8 Å². The zero-order valence-electron chi connectivity index (χ0n) is 8.77. The molecule has 0 aliphatic rings. The summed E-state index contributed by atoms with van der Waals surface area (Å²) < 4.78 is 4.66. The number of halogens is 1.